The van der Waals surface area contributed by atoms with Crippen LogP contribution in [0.15, 0.2) is 42.5 Å². The summed E-state index contributed by atoms with van der Waals surface area (Å²) in [6, 6.07) is 13.9. The first-order chi connectivity index (χ1) is 11.7. The summed E-state index contributed by atoms with van der Waals surface area (Å²) < 4.78 is 0.773. The van der Waals surface area contributed by atoms with Gasteiger partial charge >= 0.3 is 0 Å². The molecule has 0 aliphatic heterocycles. The number of rotatable bonds is 7. The standard InChI is InChI=1S/C16H14ClN3OS3/c17-13-7-6-12(23-13)9-22-10-14(21)18-16-20-19-15(24-16)8-11-4-2-1-3-5-11/h1-7H,8-10H2,(H,18,20,21). The predicted molar refractivity (Wildman–Crippen MR) is 103 cm³/mol. The second-order valence-electron chi connectivity index (χ2n) is 4.91. The number of amides is 1. The number of nitrogens with one attached hydrogen (secondary N) is 1. The predicted octanol–water partition coefficient (Wildman–Crippen LogP) is 4.72. The van der Waals surface area contributed by atoms with Gasteiger partial charge in [0.15, 0.2) is 0 Å². The zero-order valence-corrected chi connectivity index (χ0v) is 15.8. The lowest BCUT2D eigenvalue weighted by Crippen LogP contribution is -2.13. The Morgan fingerprint density at radius 1 is 1.12 bits per heavy atom. The third-order valence-electron chi connectivity index (χ3n) is 3.02. The summed E-state index contributed by atoms with van der Waals surface area (Å²) in [5.41, 5.74) is 1.18. The zero-order chi connectivity index (χ0) is 16.8. The number of thioether (sulfide) groups is 1. The number of thiophene rings is 1. The Kier molecular flexibility index (Phi) is 6.25. The third kappa shape index (κ3) is 5.31. The Morgan fingerprint density at radius 3 is 2.71 bits per heavy atom. The maximum Gasteiger partial charge on any atom is 0.236 e. The summed E-state index contributed by atoms with van der Waals surface area (Å²) in [5, 5.41) is 12.4. The van der Waals surface area contributed by atoms with E-state index in [1.807, 2.05) is 42.5 Å². The molecule has 4 nitrogen and oxygen atoms in total. The van der Waals surface area contributed by atoms with Crippen LogP contribution < -0.4 is 5.32 Å². The number of hydrogen-bond donors (Lipinski definition) is 1. The van der Waals surface area contributed by atoms with Crippen molar-refractivity contribution in [3.8, 4) is 0 Å². The van der Waals surface area contributed by atoms with Gasteiger partial charge in [-0.15, -0.1) is 33.3 Å². The lowest BCUT2D eigenvalue weighted by molar-refractivity contribution is -0.113. The van der Waals surface area contributed by atoms with Gasteiger partial charge in [-0.3, -0.25) is 10.1 Å². The van der Waals surface area contributed by atoms with E-state index in [4.69, 9.17) is 11.6 Å². The molecule has 1 amide bonds. The Balaban J connectivity index is 1.44. The number of hydrogen-bond acceptors (Lipinski definition) is 6. The highest BCUT2D eigenvalue weighted by molar-refractivity contribution is 7.99. The van der Waals surface area contributed by atoms with Crippen molar-refractivity contribution in [1.82, 2.24) is 10.2 Å². The van der Waals surface area contributed by atoms with Crippen LogP contribution in [0, 0.1) is 0 Å². The summed E-state index contributed by atoms with van der Waals surface area (Å²) in [5.74, 6) is 1.09. The topological polar surface area (TPSA) is 54.9 Å². The molecule has 0 aliphatic rings. The van der Waals surface area contributed by atoms with Gasteiger partial charge in [-0.25, -0.2) is 0 Å². The number of nitrogens with zero attached hydrogens (tertiary/aromatic N) is 2. The van der Waals surface area contributed by atoms with E-state index in [-0.39, 0.29) is 5.91 Å². The van der Waals surface area contributed by atoms with Crippen molar-refractivity contribution in [2.24, 2.45) is 0 Å². The average molecular weight is 396 g/mol. The summed E-state index contributed by atoms with van der Waals surface area (Å²) >= 11 is 10.4. The molecule has 1 aromatic carbocycles. The molecular weight excluding hydrogens is 382 g/mol. The third-order valence-corrected chi connectivity index (χ3v) is 6.25. The smallest absolute Gasteiger partial charge is 0.236 e. The van der Waals surface area contributed by atoms with Crippen LogP contribution in [0.5, 0.6) is 0 Å². The molecule has 0 saturated carbocycles. The molecule has 0 saturated heterocycles. The van der Waals surface area contributed by atoms with Crippen LogP contribution in [0.25, 0.3) is 0 Å². The van der Waals surface area contributed by atoms with E-state index in [1.165, 1.54) is 21.8 Å². The van der Waals surface area contributed by atoms with E-state index in [2.05, 4.69) is 15.5 Å². The van der Waals surface area contributed by atoms with Gasteiger partial charge in [0.25, 0.3) is 0 Å². The maximum atomic E-state index is 12.0. The minimum absolute atomic E-state index is 0.0648. The Hall–Kier alpha value is -1.41. The Morgan fingerprint density at radius 2 is 1.96 bits per heavy atom. The molecule has 3 aromatic rings. The van der Waals surface area contributed by atoms with Gasteiger partial charge in [0.1, 0.15) is 5.01 Å². The SMILES string of the molecule is O=C(CSCc1ccc(Cl)s1)Nc1nnc(Cc2ccccc2)s1. The summed E-state index contributed by atoms with van der Waals surface area (Å²) in [4.78, 5) is 13.1. The van der Waals surface area contributed by atoms with Gasteiger partial charge in [0.05, 0.1) is 10.1 Å². The highest BCUT2D eigenvalue weighted by atomic mass is 35.5. The number of carbonyl (C=O) groups excluding carboxylic acids is 1. The number of benzene rings is 1. The van der Waals surface area contributed by atoms with Gasteiger partial charge in [-0.1, -0.05) is 53.3 Å². The van der Waals surface area contributed by atoms with Crippen molar-refractivity contribution >= 4 is 57.1 Å². The minimum Gasteiger partial charge on any atom is -0.300 e. The molecule has 0 bridgehead atoms. The van der Waals surface area contributed by atoms with Crippen molar-refractivity contribution < 1.29 is 4.79 Å². The fraction of sp³-hybridized carbons (Fsp3) is 0.188. The fourth-order valence-corrected chi connectivity index (χ4v) is 4.79. The van der Waals surface area contributed by atoms with Gasteiger partial charge in [0, 0.05) is 17.1 Å². The van der Waals surface area contributed by atoms with E-state index < -0.39 is 0 Å². The van der Waals surface area contributed by atoms with Crippen LogP contribution in [0.1, 0.15) is 15.4 Å². The van der Waals surface area contributed by atoms with Crippen LogP contribution in [-0.2, 0) is 17.0 Å². The van der Waals surface area contributed by atoms with Gasteiger partial charge < -0.3 is 0 Å². The molecule has 24 heavy (non-hydrogen) atoms. The molecule has 2 aromatic heterocycles. The van der Waals surface area contributed by atoms with E-state index in [1.54, 1.807) is 23.1 Å². The van der Waals surface area contributed by atoms with Crippen molar-refractivity contribution in [2.75, 3.05) is 11.1 Å². The first-order valence-corrected chi connectivity index (χ1v) is 10.3. The zero-order valence-electron chi connectivity index (χ0n) is 12.6. The Labute approximate surface area is 157 Å². The number of aromatic nitrogens is 2. The minimum atomic E-state index is -0.0648. The lowest BCUT2D eigenvalue weighted by atomic mass is 10.2. The van der Waals surface area contributed by atoms with Gasteiger partial charge in [-0.05, 0) is 17.7 Å². The van der Waals surface area contributed by atoms with Crippen molar-refractivity contribution in [3.05, 3.63) is 62.2 Å². The van der Waals surface area contributed by atoms with E-state index in [0.29, 0.717) is 10.9 Å². The second kappa shape index (κ2) is 8.62. The second-order valence-corrected chi connectivity index (χ2v) is 8.76. The number of anilines is 1. The molecule has 0 aliphatic carbocycles. The van der Waals surface area contributed by atoms with Crippen molar-refractivity contribution in [2.45, 2.75) is 12.2 Å². The highest BCUT2D eigenvalue weighted by Gasteiger charge is 2.09. The molecule has 1 N–H and O–H groups in total. The normalized spacial score (nSPS) is 10.7. The Bertz CT molecular complexity index is 804. The van der Waals surface area contributed by atoms with Crippen LogP contribution in [-0.4, -0.2) is 21.9 Å². The molecule has 124 valence electrons. The van der Waals surface area contributed by atoms with Crippen LogP contribution >= 0.6 is 46.0 Å². The van der Waals surface area contributed by atoms with E-state index in [9.17, 15) is 4.79 Å². The first-order valence-electron chi connectivity index (χ1n) is 7.17. The summed E-state index contributed by atoms with van der Waals surface area (Å²) in [6.07, 6.45) is 0.724. The maximum absolute atomic E-state index is 12.0. The molecule has 0 radical (unpaired) electrons. The van der Waals surface area contributed by atoms with E-state index in [0.717, 1.165) is 21.5 Å². The first kappa shape index (κ1) is 17.4. The highest BCUT2D eigenvalue weighted by Crippen LogP contribution is 2.25. The van der Waals surface area contributed by atoms with Crippen molar-refractivity contribution in [1.29, 1.82) is 0 Å². The quantitative estimate of drug-likeness (QED) is 0.629. The van der Waals surface area contributed by atoms with E-state index >= 15 is 0 Å². The summed E-state index contributed by atoms with van der Waals surface area (Å²) in [7, 11) is 0. The van der Waals surface area contributed by atoms with Gasteiger partial charge in [0.2, 0.25) is 11.0 Å². The average Bonchev–Trinajstić information content (AvgIpc) is 3.17. The molecule has 3 rings (SSSR count). The van der Waals surface area contributed by atoms with Crippen LogP contribution in [0.4, 0.5) is 5.13 Å². The number of halogens is 1. The van der Waals surface area contributed by atoms with Crippen LogP contribution in [0.3, 0.4) is 0 Å². The molecule has 8 heteroatoms. The summed E-state index contributed by atoms with van der Waals surface area (Å²) in [6.45, 7) is 0. The van der Waals surface area contributed by atoms with Gasteiger partial charge in [-0.2, -0.15) is 0 Å². The molecule has 0 unspecified atom stereocenters. The largest absolute Gasteiger partial charge is 0.300 e. The van der Waals surface area contributed by atoms with Crippen molar-refractivity contribution in [3.63, 3.8) is 0 Å². The lowest BCUT2D eigenvalue weighted by Gasteiger charge is -2.00. The molecule has 0 atom stereocenters. The molecule has 0 spiro atoms. The molecule has 2 heterocycles. The molecular formula is C16H14ClN3OS3. The van der Waals surface area contributed by atoms with Crippen LogP contribution in [0.2, 0.25) is 4.34 Å². The number of carbonyl (C=O) groups is 1. The monoisotopic (exact) mass is 395 g/mol. The fourth-order valence-electron chi connectivity index (χ4n) is 1.98. The molecule has 0 fully saturated rings.